The Morgan fingerprint density at radius 3 is 2.86 bits per heavy atom. The predicted octanol–water partition coefficient (Wildman–Crippen LogP) is 0.941. The second kappa shape index (κ2) is 8.27. The first-order valence-corrected chi connectivity index (χ1v) is 7.86. The SMILES string of the molecule is COCC(N)C(=O)N(C)CC1CCN(Cc2ccccc2)C1. The molecule has 1 aromatic rings. The Balaban J connectivity index is 1.77. The zero-order chi connectivity index (χ0) is 15.9. The highest BCUT2D eigenvalue weighted by Gasteiger charge is 2.26. The lowest BCUT2D eigenvalue weighted by molar-refractivity contribution is -0.132. The van der Waals surface area contributed by atoms with Gasteiger partial charge in [-0.1, -0.05) is 30.3 Å². The van der Waals surface area contributed by atoms with Crippen LogP contribution in [0.25, 0.3) is 0 Å². The third-order valence-electron chi connectivity index (χ3n) is 4.19. The van der Waals surface area contributed by atoms with Gasteiger partial charge in [-0.05, 0) is 24.4 Å². The molecule has 1 aliphatic rings. The van der Waals surface area contributed by atoms with E-state index in [9.17, 15) is 4.79 Å². The summed E-state index contributed by atoms with van der Waals surface area (Å²) in [6.45, 7) is 4.14. The van der Waals surface area contributed by atoms with Gasteiger partial charge in [0.15, 0.2) is 0 Å². The van der Waals surface area contributed by atoms with Gasteiger partial charge in [-0.3, -0.25) is 9.69 Å². The number of nitrogens with two attached hydrogens (primary N) is 1. The lowest BCUT2D eigenvalue weighted by Crippen LogP contribution is -2.46. The van der Waals surface area contributed by atoms with Crippen LogP contribution < -0.4 is 5.73 Å². The van der Waals surface area contributed by atoms with E-state index >= 15 is 0 Å². The Morgan fingerprint density at radius 2 is 2.18 bits per heavy atom. The number of hydrogen-bond acceptors (Lipinski definition) is 4. The van der Waals surface area contributed by atoms with E-state index in [-0.39, 0.29) is 12.5 Å². The fraction of sp³-hybridized carbons (Fsp3) is 0.588. The van der Waals surface area contributed by atoms with Gasteiger partial charge in [0.2, 0.25) is 5.91 Å². The van der Waals surface area contributed by atoms with Gasteiger partial charge < -0.3 is 15.4 Å². The van der Waals surface area contributed by atoms with Crippen LogP contribution in [0.15, 0.2) is 30.3 Å². The topological polar surface area (TPSA) is 58.8 Å². The standard InChI is InChI=1S/C17H27N3O2/c1-19(17(21)16(18)13-22-2)10-15-8-9-20(12-15)11-14-6-4-3-5-7-14/h3-7,15-16H,8-13,18H2,1-2H3. The monoisotopic (exact) mass is 305 g/mol. The van der Waals surface area contributed by atoms with E-state index in [2.05, 4.69) is 29.2 Å². The third-order valence-corrected chi connectivity index (χ3v) is 4.19. The van der Waals surface area contributed by atoms with Crippen molar-refractivity contribution in [2.75, 3.05) is 40.4 Å². The number of ether oxygens (including phenoxy) is 1. The quantitative estimate of drug-likeness (QED) is 0.814. The summed E-state index contributed by atoms with van der Waals surface area (Å²) >= 11 is 0. The highest BCUT2D eigenvalue weighted by molar-refractivity contribution is 5.81. The van der Waals surface area contributed by atoms with Crippen LogP contribution in [0.3, 0.4) is 0 Å². The Labute approximate surface area is 133 Å². The molecular weight excluding hydrogens is 278 g/mol. The minimum absolute atomic E-state index is 0.0386. The van der Waals surface area contributed by atoms with E-state index in [0.29, 0.717) is 5.92 Å². The van der Waals surface area contributed by atoms with Gasteiger partial charge in [0.05, 0.1) is 6.61 Å². The number of likely N-dealkylation sites (N-methyl/N-ethyl adjacent to an activating group) is 1. The van der Waals surface area contributed by atoms with E-state index in [4.69, 9.17) is 10.5 Å². The van der Waals surface area contributed by atoms with Crippen molar-refractivity contribution in [2.45, 2.75) is 19.0 Å². The molecule has 1 heterocycles. The second-order valence-corrected chi connectivity index (χ2v) is 6.16. The average Bonchev–Trinajstić information content (AvgIpc) is 2.94. The average molecular weight is 305 g/mol. The summed E-state index contributed by atoms with van der Waals surface area (Å²) in [5, 5.41) is 0. The highest BCUT2D eigenvalue weighted by Crippen LogP contribution is 2.19. The van der Waals surface area contributed by atoms with E-state index < -0.39 is 6.04 Å². The first-order valence-electron chi connectivity index (χ1n) is 7.86. The number of amides is 1. The van der Waals surface area contributed by atoms with Crippen LogP contribution in [0.1, 0.15) is 12.0 Å². The zero-order valence-corrected chi connectivity index (χ0v) is 13.6. The van der Waals surface area contributed by atoms with Crippen molar-refractivity contribution in [1.29, 1.82) is 0 Å². The molecule has 0 aromatic heterocycles. The normalized spacial score (nSPS) is 20.0. The van der Waals surface area contributed by atoms with Crippen molar-refractivity contribution >= 4 is 5.91 Å². The molecule has 5 heteroatoms. The molecule has 1 amide bonds. The van der Waals surface area contributed by atoms with Gasteiger partial charge in [-0.15, -0.1) is 0 Å². The van der Waals surface area contributed by atoms with Crippen molar-refractivity contribution in [3.63, 3.8) is 0 Å². The van der Waals surface area contributed by atoms with Gasteiger partial charge in [0.25, 0.3) is 0 Å². The van der Waals surface area contributed by atoms with Crippen molar-refractivity contribution in [3.05, 3.63) is 35.9 Å². The summed E-state index contributed by atoms with van der Waals surface area (Å²) in [6.07, 6.45) is 1.13. The summed E-state index contributed by atoms with van der Waals surface area (Å²) in [6, 6.07) is 9.95. The second-order valence-electron chi connectivity index (χ2n) is 6.16. The smallest absolute Gasteiger partial charge is 0.241 e. The number of nitrogens with zero attached hydrogens (tertiary/aromatic N) is 2. The summed E-state index contributed by atoms with van der Waals surface area (Å²) in [5.74, 6) is 0.482. The first-order chi connectivity index (χ1) is 10.6. The van der Waals surface area contributed by atoms with Crippen molar-refractivity contribution in [2.24, 2.45) is 11.7 Å². The Morgan fingerprint density at radius 1 is 1.45 bits per heavy atom. The van der Waals surface area contributed by atoms with Crippen LogP contribution in [-0.2, 0) is 16.1 Å². The number of carbonyl (C=O) groups is 1. The fourth-order valence-corrected chi connectivity index (χ4v) is 3.06. The molecule has 0 radical (unpaired) electrons. The number of benzene rings is 1. The molecule has 1 aliphatic heterocycles. The fourth-order valence-electron chi connectivity index (χ4n) is 3.06. The van der Waals surface area contributed by atoms with E-state index in [1.54, 1.807) is 12.0 Å². The maximum Gasteiger partial charge on any atom is 0.241 e. The molecule has 2 unspecified atom stereocenters. The highest BCUT2D eigenvalue weighted by atomic mass is 16.5. The van der Waals surface area contributed by atoms with Gasteiger partial charge in [0.1, 0.15) is 6.04 Å². The lowest BCUT2D eigenvalue weighted by atomic mass is 10.1. The number of hydrogen-bond donors (Lipinski definition) is 1. The maximum absolute atomic E-state index is 12.1. The Bertz CT molecular complexity index is 466. The molecule has 22 heavy (non-hydrogen) atoms. The van der Waals surface area contributed by atoms with Crippen molar-refractivity contribution < 1.29 is 9.53 Å². The van der Waals surface area contributed by atoms with E-state index in [1.165, 1.54) is 5.56 Å². The van der Waals surface area contributed by atoms with E-state index in [1.807, 2.05) is 13.1 Å². The van der Waals surface area contributed by atoms with Crippen molar-refractivity contribution in [3.8, 4) is 0 Å². The number of likely N-dealkylation sites (tertiary alicyclic amines) is 1. The first kappa shape index (κ1) is 16.9. The van der Waals surface area contributed by atoms with Gasteiger partial charge in [-0.2, -0.15) is 0 Å². The van der Waals surface area contributed by atoms with Gasteiger partial charge >= 0.3 is 0 Å². The third kappa shape index (κ3) is 4.80. The zero-order valence-electron chi connectivity index (χ0n) is 13.6. The molecule has 2 N–H and O–H groups in total. The van der Waals surface area contributed by atoms with Crippen LogP contribution in [0.2, 0.25) is 0 Å². The molecule has 0 aliphatic carbocycles. The number of methoxy groups -OCH3 is 1. The van der Waals surface area contributed by atoms with E-state index in [0.717, 1.165) is 32.6 Å². The molecule has 1 saturated heterocycles. The summed E-state index contributed by atoms with van der Waals surface area (Å²) < 4.78 is 4.95. The lowest BCUT2D eigenvalue weighted by Gasteiger charge is -2.24. The minimum atomic E-state index is -0.558. The van der Waals surface area contributed by atoms with Crippen LogP contribution in [0.5, 0.6) is 0 Å². The van der Waals surface area contributed by atoms with Crippen LogP contribution in [0.4, 0.5) is 0 Å². The molecule has 0 spiro atoms. The maximum atomic E-state index is 12.1. The molecule has 2 atom stereocenters. The molecule has 1 fully saturated rings. The van der Waals surface area contributed by atoms with Crippen LogP contribution in [0, 0.1) is 5.92 Å². The van der Waals surface area contributed by atoms with Crippen LogP contribution in [-0.4, -0.2) is 62.1 Å². The summed E-state index contributed by atoms with van der Waals surface area (Å²) in [4.78, 5) is 16.3. The Kier molecular flexibility index (Phi) is 6.36. The largest absolute Gasteiger partial charge is 0.383 e. The number of rotatable bonds is 7. The summed E-state index contributed by atoms with van der Waals surface area (Å²) in [5.41, 5.74) is 7.15. The molecule has 1 aromatic carbocycles. The molecule has 122 valence electrons. The molecule has 0 saturated carbocycles. The van der Waals surface area contributed by atoms with Gasteiger partial charge in [-0.25, -0.2) is 0 Å². The molecule has 0 bridgehead atoms. The summed E-state index contributed by atoms with van der Waals surface area (Å²) in [7, 11) is 3.39. The van der Waals surface area contributed by atoms with Crippen molar-refractivity contribution in [1.82, 2.24) is 9.80 Å². The van der Waals surface area contributed by atoms with Gasteiger partial charge in [0, 0.05) is 33.8 Å². The van der Waals surface area contributed by atoms with Crippen LogP contribution >= 0.6 is 0 Å². The number of carbonyl (C=O) groups excluding carboxylic acids is 1. The molecular formula is C17H27N3O2. The molecule has 5 nitrogen and oxygen atoms in total. The predicted molar refractivity (Wildman–Crippen MR) is 87.3 cm³/mol. The molecule has 2 rings (SSSR count). The minimum Gasteiger partial charge on any atom is -0.383 e. The Hall–Kier alpha value is -1.43.